The molecule has 5 nitrogen and oxygen atoms in total. The van der Waals surface area contributed by atoms with E-state index < -0.39 is 10.0 Å². The predicted octanol–water partition coefficient (Wildman–Crippen LogP) is 2.20. The monoisotopic (exact) mass is 317 g/mol. The van der Waals surface area contributed by atoms with Crippen LogP contribution in [-0.2, 0) is 22.3 Å². The molecule has 0 radical (unpaired) electrons. The van der Waals surface area contributed by atoms with Crippen molar-refractivity contribution in [3.8, 4) is 0 Å². The van der Waals surface area contributed by atoms with Gasteiger partial charge in [-0.2, -0.15) is 0 Å². The van der Waals surface area contributed by atoms with Crippen LogP contribution < -0.4 is 10.5 Å². The molecule has 0 atom stereocenters. The maximum atomic E-state index is 11.0. The molecule has 1 aromatic carbocycles. The molecule has 0 aliphatic rings. The van der Waals surface area contributed by atoms with Gasteiger partial charge in [0.25, 0.3) is 0 Å². The summed E-state index contributed by atoms with van der Waals surface area (Å²) in [6.45, 7) is 0.587. The van der Waals surface area contributed by atoms with Crippen molar-refractivity contribution in [1.29, 1.82) is 0 Å². The van der Waals surface area contributed by atoms with Gasteiger partial charge in [0.15, 0.2) is 4.47 Å². The smallest absolute Gasteiger partial charge is 0.213 e. The van der Waals surface area contributed by atoms with Gasteiger partial charge < -0.3 is 5.32 Å². The lowest BCUT2D eigenvalue weighted by molar-refractivity contribution is 0.597. The summed E-state index contributed by atoms with van der Waals surface area (Å²) < 4.78 is 22.6. The van der Waals surface area contributed by atoms with Crippen LogP contribution in [0.25, 0.3) is 0 Å². The first kappa shape index (κ1) is 14.3. The zero-order chi connectivity index (χ0) is 13.9. The Hall–Kier alpha value is -1.15. The largest absolute Gasteiger partial charge is 0.380 e. The number of hydrogen-bond acceptors (Lipinski definition) is 5. The van der Waals surface area contributed by atoms with Crippen LogP contribution in [0.1, 0.15) is 10.4 Å². The minimum Gasteiger partial charge on any atom is -0.380 e. The molecule has 0 aliphatic carbocycles. The molecule has 102 valence electrons. The van der Waals surface area contributed by atoms with Crippen molar-refractivity contribution in [2.75, 3.05) is 5.32 Å². The van der Waals surface area contributed by atoms with Crippen LogP contribution in [0.5, 0.6) is 0 Å². The number of aromatic nitrogens is 1. The quantitative estimate of drug-likeness (QED) is 0.885. The van der Waals surface area contributed by atoms with E-state index in [0.717, 1.165) is 10.6 Å². The predicted molar refractivity (Wildman–Crippen MR) is 77.7 cm³/mol. The van der Waals surface area contributed by atoms with E-state index in [0.29, 0.717) is 16.6 Å². The first-order valence-corrected chi connectivity index (χ1v) is 8.27. The van der Waals surface area contributed by atoms with Gasteiger partial charge in [-0.3, -0.25) is 0 Å². The molecular formula is C11H12ClN3O2S2. The van der Waals surface area contributed by atoms with Gasteiger partial charge in [0, 0.05) is 16.8 Å². The molecule has 1 heterocycles. The van der Waals surface area contributed by atoms with Gasteiger partial charge in [-0.15, -0.1) is 11.3 Å². The number of thiazole rings is 1. The Balaban J connectivity index is 2.03. The SMILES string of the molecule is NS(=O)(=O)Cc1cccc(NCc2cnc(Cl)s2)c1. The average Bonchev–Trinajstić information content (AvgIpc) is 2.71. The van der Waals surface area contributed by atoms with E-state index in [4.69, 9.17) is 16.7 Å². The first-order valence-electron chi connectivity index (χ1n) is 5.36. The standard InChI is InChI=1S/C11H12ClN3O2S2/c12-11-15-6-10(18-11)5-14-9-3-1-2-8(4-9)7-19(13,16)17/h1-4,6,14H,5,7H2,(H2,13,16,17). The van der Waals surface area contributed by atoms with E-state index in [1.54, 1.807) is 24.4 Å². The van der Waals surface area contributed by atoms with Gasteiger partial charge in [0.1, 0.15) is 0 Å². The number of benzene rings is 1. The summed E-state index contributed by atoms with van der Waals surface area (Å²) in [5, 5.41) is 8.19. The van der Waals surface area contributed by atoms with Crippen LogP contribution in [0.3, 0.4) is 0 Å². The number of primary sulfonamides is 1. The number of nitrogens with one attached hydrogen (secondary N) is 1. The summed E-state index contributed by atoms with van der Waals surface area (Å²) >= 11 is 7.14. The van der Waals surface area contributed by atoms with Crippen LogP contribution in [0.4, 0.5) is 5.69 Å². The number of rotatable bonds is 5. The number of anilines is 1. The molecule has 1 aromatic heterocycles. The van der Waals surface area contributed by atoms with E-state index in [9.17, 15) is 8.42 Å². The molecule has 0 amide bonds. The zero-order valence-corrected chi connectivity index (χ0v) is 12.2. The van der Waals surface area contributed by atoms with Gasteiger partial charge >= 0.3 is 0 Å². The van der Waals surface area contributed by atoms with Crippen molar-refractivity contribution < 1.29 is 8.42 Å². The lowest BCUT2D eigenvalue weighted by Crippen LogP contribution is -2.14. The van der Waals surface area contributed by atoms with Gasteiger partial charge in [-0.1, -0.05) is 23.7 Å². The number of hydrogen-bond donors (Lipinski definition) is 2. The molecule has 0 bridgehead atoms. The maximum Gasteiger partial charge on any atom is 0.213 e. The normalized spacial score (nSPS) is 11.5. The van der Waals surface area contributed by atoms with Crippen molar-refractivity contribution in [3.63, 3.8) is 0 Å². The number of sulfonamides is 1. The molecule has 0 unspecified atom stereocenters. The van der Waals surface area contributed by atoms with Crippen molar-refractivity contribution >= 4 is 38.6 Å². The third-order valence-electron chi connectivity index (χ3n) is 2.29. The third kappa shape index (κ3) is 4.79. The van der Waals surface area contributed by atoms with Gasteiger partial charge in [0.2, 0.25) is 10.0 Å². The van der Waals surface area contributed by atoms with Crippen LogP contribution in [-0.4, -0.2) is 13.4 Å². The molecule has 0 aliphatic heterocycles. The zero-order valence-electron chi connectivity index (χ0n) is 9.84. The highest BCUT2D eigenvalue weighted by Crippen LogP contribution is 2.19. The van der Waals surface area contributed by atoms with Gasteiger partial charge in [-0.25, -0.2) is 18.5 Å². The second-order valence-electron chi connectivity index (χ2n) is 3.94. The lowest BCUT2D eigenvalue weighted by atomic mass is 10.2. The fraction of sp³-hybridized carbons (Fsp3) is 0.182. The highest BCUT2D eigenvalue weighted by Gasteiger charge is 2.05. The van der Waals surface area contributed by atoms with E-state index >= 15 is 0 Å². The highest BCUT2D eigenvalue weighted by molar-refractivity contribution is 7.88. The fourth-order valence-corrected chi connectivity index (χ4v) is 3.12. The van der Waals surface area contributed by atoms with E-state index in [-0.39, 0.29) is 5.75 Å². The Labute approximate surface area is 120 Å². The number of nitrogens with zero attached hydrogens (tertiary/aromatic N) is 1. The van der Waals surface area contributed by atoms with Gasteiger partial charge in [0.05, 0.1) is 12.3 Å². The Morgan fingerprint density at radius 3 is 2.84 bits per heavy atom. The van der Waals surface area contributed by atoms with Crippen LogP contribution in [0.15, 0.2) is 30.5 Å². The molecule has 0 saturated carbocycles. The molecule has 3 N–H and O–H groups in total. The Kier molecular flexibility index (Phi) is 4.41. The van der Waals surface area contributed by atoms with Gasteiger partial charge in [-0.05, 0) is 17.7 Å². The van der Waals surface area contributed by atoms with E-state index in [1.807, 2.05) is 6.07 Å². The van der Waals surface area contributed by atoms with Crippen LogP contribution >= 0.6 is 22.9 Å². The summed E-state index contributed by atoms with van der Waals surface area (Å²) in [5.74, 6) is -0.172. The fourth-order valence-electron chi connectivity index (χ4n) is 1.56. The summed E-state index contributed by atoms with van der Waals surface area (Å²) in [7, 11) is -3.51. The second-order valence-corrected chi connectivity index (χ2v) is 7.25. The van der Waals surface area contributed by atoms with E-state index in [1.165, 1.54) is 11.3 Å². The molecule has 2 aromatic rings. The first-order chi connectivity index (χ1) is 8.92. The van der Waals surface area contributed by atoms with Crippen molar-refractivity contribution in [1.82, 2.24) is 4.98 Å². The summed E-state index contributed by atoms with van der Waals surface area (Å²) in [4.78, 5) is 4.94. The number of nitrogens with two attached hydrogens (primary N) is 1. The second kappa shape index (κ2) is 5.87. The lowest BCUT2D eigenvalue weighted by Gasteiger charge is -2.06. The minimum absolute atomic E-state index is 0.172. The third-order valence-corrected chi connectivity index (χ3v) is 4.14. The van der Waals surface area contributed by atoms with E-state index in [2.05, 4.69) is 10.3 Å². The highest BCUT2D eigenvalue weighted by atomic mass is 35.5. The molecule has 8 heteroatoms. The molecule has 0 fully saturated rings. The minimum atomic E-state index is -3.51. The summed E-state index contributed by atoms with van der Waals surface area (Å²) in [6.07, 6.45) is 1.70. The molecule has 0 saturated heterocycles. The summed E-state index contributed by atoms with van der Waals surface area (Å²) in [6, 6.07) is 7.12. The molecular weight excluding hydrogens is 306 g/mol. The van der Waals surface area contributed by atoms with Crippen LogP contribution in [0.2, 0.25) is 4.47 Å². The maximum absolute atomic E-state index is 11.0. The molecule has 0 spiro atoms. The molecule has 2 rings (SSSR count). The van der Waals surface area contributed by atoms with Crippen LogP contribution in [0, 0.1) is 0 Å². The summed E-state index contributed by atoms with van der Waals surface area (Å²) in [5.41, 5.74) is 1.47. The number of halogens is 1. The molecule has 19 heavy (non-hydrogen) atoms. The van der Waals surface area contributed by atoms with Crippen molar-refractivity contribution in [2.45, 2.75) is 12.3 Å². The van der Waals surface area contributed by atoms with Crippen molar-refractivity contribution in [2.24, 2.45) is 5.14 Å². The Bertz CT molecular complexity index is 670. The van der Waals surface area contributed by atoms with Crippen molar-refractivity contribution in [3.05, 3.63) is 45.4 Å². The Morgan fingerprint density at radius 1 is 1.42 bits per heavy atom. The Morgan fingerprint density at radius 2 is 2.21 bits per heavy atom. The topological polar surface area (TPSA) is 85.1 Å². The average molecular weight is 318 g/mol.